The molecule has 3 aromatic rings. The molecule has 0 saturated carbocycles. The van der Waals surface area contributed by atoms with Crippen molar-refractivity contribution in [2.75, 3.05) is 0 Å². The summed E-state index contributed by atoms with van der Waals surface area (Å²) in [5.74, 6) is -1.06. The molecule has 1 aliphatic rings. The summed E-state index contributed by atoms with van der Waals surface area (Å²) in [6.45, 7) is 8.07. The molecule has 1 N–H and O–H groups in total. The number of phenols is 1. The van der Waals surface area contributed by atoms with Crippen LogP contribution in [0.3, 0.4) is 0 Å². The summed E-state index contributed by atoms with van der Waals surface area (Å²) < 4.78 is 27.1. The van der Waals surface area contributed by atoms with E-state index in [0.717, 1.165) is 16.4 Å². The highest BCUT2D eigenvalue weighted by molar-refractivity contribution is 6.62. The molecule has 7 heteroatoms. The van der Waals surface area contributed by atoms with Gasteiger partial charge < -0.3 is 14.4 Å². The van der Waals surface area contributed by atoms with E-state index in [4.69, 9.17) is 9.31 Å². The highest BCUT2D eigenvalue weighted by Gasteiger charge is 2.51. The molecule has 4 rings (SSSR count). The fourth-order valence-corrected chi connectivity index (χ4v) is 3.02. The number of aromatic nitrogens is 2. The van der Waals surface area contributed by atoms with Gasteiger partial charge in [-0.05, 0) is 51.4 Å². The molecule has 5 nitrogen and oxygen atoms in total. The van der Waals surface area contributed by atoms with Crippen molar-refractivity contribution in [1.82, 2.24) is 9.78 Å². The first kappa shape index (κ1) is 17.1. The van der Waals surface area contributed by atoms with E-state index in [-0.39, 0.29) is 0 Å². The van der Waals surface area contributed by atoms with E-state index in [1.54, 1.807) is 16.9 Å². The first-order chi connectivity index (χ1) is 12.2. The molecule has 2 aromatic carbocycles. The van der Waals surface area contributed by atoms with Gasteiger partial charge in [0, 0.05) is 11.5 Å². The topological polar surface area (TPSA) is 56.5 Å². The van der Waals surface area contributed by atoms with E-state index in [1.807, 2.05) is 45.9 Å². The summed E-state index contributed by atoms with van der Waals surface area (Å²) in [4.78, 5) is 0. The van der Waals surface area contributed by atoms with E-state index in [2.05, 4.69) is 5.10 Å². The van der Waals surface area contributed by atoms with Gasteiger partial charge >= 0.3 is 7.12 Å². The maximum atomic E-state index is 13.3. The van der Waals surface area contributed by atoms with Crippen LogP contribution in [0.25, 0.3) is 16.6 Å². The standard InChI is InChI=1S/C19H20BFN2O3/c1-18(2)19(3,4)26-20(25-18)13-5-8-16-12(9-13)11-22-23(16)14-6-7-15(21)17(24)10-14/h5-11,24H,1-4H3. The zero-order valence-corrected chi connectivity index (χ0v) is 15.2. The predicted molar refractivity (Wildman–Crippen MR) is 98.4 cm³/mol. The quantitative estimate of drug-likeness (QED) is 0.719. The molecular formula is C19H20BFN2O3. The Balaban J connectivity index is 1.71. The molecule has 1 aromatic heterocycles. The van der Waals surface area contributed by atoms with Crippen molar-refractivity contribution >= 4 is 23.5 Å². The molecule has 0 atom stereocenters. The van der Waals surface area contributed by atoms with E-state index < -0.39 is 29.9 Å². The monoisotopic (exact) mass is 354 g/mol. The third-order valence-corrected chi connectivity index (χ3v) is 5.29. The molecule has 0 aliphatic carbocycles. The zero-order chi connectivity index (χ0) is 18.7. The van der Waals surface area contributed by atoms with Gasteiger partial charge in [0.2, 0.25) is 0 Å². The number of aromatic hydroxyl groups is 1. The summed E-state index contributed by atoms with van der Waals surface area (Å²) in [5.41, 5.74) is 1.54. The number of rotatable bonds is 2. The number of phenolic OH excluding ortho intramolecular Hbond substituents is 1. The molecule has 134 valence electrons. The number of benzene rings is 2. The molecule has 1 fully saturated rings. The fourth-order valence-electron chi connectivity index (χ4n) is 3.02. The minimum absolute atomic E-state index is 0.400. The van der Waals surface area contributed by atoms with Crippen molar-refractivity contribution < 1.29 is 18.8 Å². The molecule has 0 amide bonds. The van der Waals surface area contributed by atoms with Gasteiger partial charge in [0.25, 0.3) is 0 Å². The highest BCUT2D eigenvalue weighted by Crippen LogP contribution is 2.36. The average Bonchev–Trinajstić information content (AvgIpc) is 3.08. The molecule has 1 saturated heterocycles. The van der Waals surface area contributed by atoms with Gasteiger partial charge in [-0.2, -0.15) is 5.10 Å². The second-order valence-corrected chi connectivity index (χ2v) is 7.60. The Morgan fingerprint density at radius 1 is 1.04 bits per heavy atom. The first-order valence-corrected chi connectivity index (χ1v) is 8.50. The van der Waals surface area contributed by atoms with E-state index in [9.17, 15) is 9.50 Å². The molecule has 1 aliphatic heterocycles. The molecule has 2 heterocycles. The minimum Gasteiger partial charge on any atom is -0.505 e. The van der Waals surface area contributed by atoms with E-state index in [1.165, 1.54) is 12.1 Å². The van der Waals surface area contributed by atoms with Crippen LogP contribution in [0.5, 0.6) is 5.75 Å². The Hall–Kier alpha value is -2.38. The first-order valence-electron chi connectivity index (χ1n) is 8.50. The number of hydrogen-bond acceptors (Lipinski definition) is 4. The second kappa shape index (κ2) is 5.56. The van der Waals surface area contributed by atoms with Gasteiger partial charge in [-0.1, -0.05) is 12.1 Å². The average molecular weight is 354 g/mol. The Kier molecular flexibility index (Phi) is 3.65. The Morgan fingerprint density at radius 2 is 1.73 bits per heavy atom. The summed E-state index contributed by atoms with van der Waals surface area (Å²) in [6, 6.07) is 9.98. The molecule has 0 unspecified atom stereocenters. The number of nitrogens with zero attached hydrogens (tertiary/aromatic N) is 2. The lowest BCUT2D eigenvalue weighted by molar-refractivity contribution is 0.00578. The maximum Gasteiger partial charge on any atom is 0.494 e. The van der Waals surface area contributed by atoms with Crippen LogP contribution in [0, 0.1) is 5.82 Å². The van der Waals surface area contributed by atoms with E-state index in [0.29, 0.717) is 5.69 Å². The molecular weight excluding hydrogens is 334 g/mol. The van der Waals surface area contributed by atoms with Crippen molar-refractivity contribution in [2.45, 2.75) is 38.9 Å². The van der Waals surface area contributed by atoms with Crippen LogP contribution in [0.4, 0.5) is 4.39 Å². The highest BCUT2D eigenvalue weighted by atomic mass is 19.1. The summed E-state index contributed by atoms with van der Waals surface area (Å²) in [7, 11) is -0.442. The zero-order valence-electron chi connectivity index (χ0n) is 15.2. The predicted octanol–water partition coefficient (Wildman–Crippen LogP) is 3.17. The van der Waals surface area contributed by atoms with Gasteiger partial charge in [0.05, 0.1) is 28.6 Å². The number of fused-ring (bicyclic) bond motifs is 1. The Bertz CT molecular complexity index is 984. The lowest BCUT2D eigenvalue weighted by Gasteiger charge is -2.32. The fraction of sp³-hybridized carbons (Fsp3) is 0.316. The number of halogens is 1. The lowest BCUT2D eigenvalue weighted by atomic mass is 9.79. The van der Waals surface area contributed by atoms with Crippen molar-refractivity contribution in [2.24, 2.45) is 0 Å². The van der Waals surface area contributed by atoms with Crippen molar-refractivity contribution in [3.05, 3.63) is 48.4 Å². The van der Waals surface area contributed by atoms with Gasteiger partial charge in [-0.15, -0.1) is 0 Å². The Morgan fingerprint density at radius 3 is 2.38 bits per heavy atom. The normalized spacial score (nSPS) is 18.6. The van der Waals surface area contributed by atoms with E-state index >= 15 is 0 Å². The largest absolute Gasteiger partial charge is 0.505 e. The maximum absolute atomic E-state index is 13.3. The minimum atomic E-state index is -0.659. The van der Waals surface area contributed by atoms with Crippen LogP contribution < -0.4 is 5.46 Å². The summed E-state index contributed by atoms with van der Waals surface area (Å²) in [5, 5.41) is 14.9. The molecule has 26 heavy (non-hydrogen) atoms. The molecule has 0 radical (unpaired) electrons. The van der Waals surface area contributed by atoms with Crippen molar-refractivity contribution in [3.8, 4) is 11.4 Å². The van der Waals surface area contributed by atoms with Crippen LogP contribution >= 0.6 is 0 Å². The van der Waals surface area contributed by atoms with Crippen molar-refractivity contribution in [3.63, 3.8) is 0 Å². The van der Waals surface area contributed by atoms with Gasteiger partial charge in [0.1, 0.15) is 0 Å². The van der Waals surface area contributed by atoms with Crippen molar-refractivity contribution in [1.29, 1.82) is 0 Å². The summed E-state index contributed by atoms with van der Waals surface area (Å²) >= 11 is 0. The number of hydrogen-bond donors (Lipinski definition) is 1. The SMILES string of the molecule is CC1(C)OB(c2ccc3c(cnn3-c3ccc(F)c(O)c3)c2)OC1(C)C. The third kappa shape index (κ3) is 2.59. The smallest absolute Gasteiger partial charge is 0.494 e. The van der Waals surface area contributed by atoms with Crippen LogP contribution in [0.1, 0.15) is 27.7 Å². The second-order valence-electron chi connectivity index (χ2n) is 7.60. The summed E-state index contributed by atoms with van der Waals surface area (Å²) in [6.07, 6.45) is 1.73. The van der Waals surface area contributed by atoms with Gasteiger partial charge in [-0.3, -0.25) is 0 Å². The molecule has 0 spiro atoms. The molecule has 0 bridgehead atoms. The third-order valence-electron chi connectivity index (χ3n) is 5.29. The van der Waals surface area contributed by atoms with Gasteiger partial charge in [0.15, 0.2) is 11.6 Å². The van der Waals surface area contributed by atoms with Crippen LogP contribution in [0.15, 0.2) is 42.6 Å². The van der Waals surface area contributed by atoms with Crippen LogP contribution in [-0.2, 0) is 9.31 Å². The van der Waals surface area contributed by atoms with Crippen LogP contribution in [0.2, 0.25) is 0 Å². The Labute approximate surface area is 151 Å². The van der Waals surface area contributed by atoms with Gasteiger partial charge in [-0.25, -0.2) is 9.07 Å². The van der Waals surface area contributed by atoms with Crippen LogP contribution in [-0.4, -0.2) is 33.2 Å². The lowest BCUT2D eigenvalue weighted by Crippen LogP contribution is -2.41.